The number of methoxy groups -OCH3 is 1. The topological polar surface area (TPSA) is 83.6 Å². The predicted molar refractivity (Wildman–Crippen MR) is 118 cm³/mol. The van der Waals surface area contributed by atoms with Crippen LogP contribution >= 0.6 is 11.8 Å². The van der Waals surface area contributed by atoms with Crippen LogP contribution in [0.25, 0.3) is 10.9 Å². The molecule has 0 saturated heterocycles. The van der Waals surface area contributed by atoms with Crippen LogP contribution in [0.3, 0.4) is 0 Å². The summed E-state index contributed by atoms with van der Waals surface area (Å²) in [7, 11) is 1.29. The molecule has 9 heteroatoms. The van der Waals surface area contributed by atoms with E-state index in [2.05, 4.69) is 4.98 Å². The minimum absolute atomic E-state index is 0.162. The molecule has 0 saturated carbocycles. The standard InChI is InChI=1S/C23H19FN2O5S/c1-29-22(28)15-8-9-17-19(13-15)25-23(26(21(17)27)14-16-5-4-10-30-16)32-12-11-31-20-7-3-2-6-18(20)24/h2-10,13H,11-12,14H2,1H3. The minimum atomic E-state index is -0.513. The van der Waals surface area contributed by atoms with E-state index < -0.39 is 11.8 Å². The molecule has 0 N–H and O–H groups in total. The van der Waals surface area contributed by atoms with E-state index in [9.17, 15) is 14.0 Å². The summed E-state index contributed by atoms with van der Waals surface area (Å²) in [5, 5.41) is 0.800. The van der Waals surface area contributed by atoms with Gasteiger partial charge in [-0.05, 0) is 42.5 Å². The molecule has 0 atom stereocenters. The second-order valence-corrected chi connectivity index (χ2v) is 7.78. The average molecular weight is 454 g/mol. The molecular formula is C23H19FN2O5S. The van der Waals surface area contributed by atoms with Gasteiger partial charge in [0, 0.05) is 5.75 Å². The monoisotopic (exact) mass is 454 g/mol. The van der Waals surface area contributed by atoms with Gasteiger partial charge in [0.2, 0.25) is 0 Å². The van der Waals surface area contributed by atoms with Gasteiger partial charge in [-0.25, -0.2) is 14.2 Å². The number of nitrogens with zero attached hydrogens (tertiary/aromatic N) is 2. The van der Waals surface area contributed by atoms with E-state index >= 15 is 0 Å². The summed E-state index contributed by atoms with van der Waals surface area (Å²) in [6.07, 6.45) is 1.53. The Labute approximate surface area is 186 Å². The molecule has 2 heterocycles. The van der Waals surface area contributed by atoms with Crippen LogP contribution in [0.4, 0.5) is 4.39 Å². The fraction of sp³-hybridized carbons (Fsp3) is 0.174. The van der Waals surface area contributed by atoms with Crippen molar-refractivity contribution in [3.63, 3.8) is 0 Å². The van der Waals surface area contributed by atoms with Gasteiger partial charge in [0.15, 0.2) is 16.7 Å². The fourth-order valence-electron chi connectivity index (χ4n) is 3.10. The smallest absolute Gasteiger partial charge is 0.337 e. The van der Waals surface area contributed by atoms with Gasteiger partial charge in [-0.15, -0.1) is 0 Å². The maximum Gasteiger partial charge on any atom is 0.337 e. The number of benzene rings is 2. The Balaban J connectivity index is 1.63. The van der Waals surface area contributed by atoms with Crippen molar-refractivity contribution in [2.45, 2.75) is 11.7 Å². The number of carbonyl (C=O) groups excluding carboxylic acids is 1. The van der Waals surface area contributed by atoms with E-state index in [0.29, 0.717) is 33.1 Å². The quantitative estimate of drug-likeness (QED) is 0.171. The summed E-state index contributed by atoms with van der Waals surface area (Å²) < 4.78 is 30.9. The number of rotatable bonds is 8. The molecule has 32 heavy (non-hydrogen) atoms. The van der Waals surface area contributed by atoms with E-state index in [1.807, 2.05) is 0 Å². The lowest BCUT2D eigenvalue weighted by Crippen LogP contribution is -2.24. The summed E-state index contributed by atoms with van der Waals surface area (Å²) >= 11 is 1.29. The number of furan rings is 1. The van der Waals surface area contributed by atoms with Crippen LogP contribution in [0, 0.1) is 5.82 Å². The van der Waals surface area contributed by atoms with Gasteiger partial charge in [0.25, 0.3) is 5.56 Å². The summed E-state index contributed by atoms with van der Waals surface area (Å²) in [5.74, 6) is 0.229. The van der Waals surface area contributed by atoms with Gasteiger partial charge in [-0.2, -0.15) is 0 Å². The zero-order valence-corrected chi connectivity index (χ0v) is 17.9. The lowest BCUT2D eigenvalue weighted by atomic mass is 10.1. The van der Waals surface area contributed by atoms with Crippen molar-refractivity contribution in [2.24, 2.45) is 0 Å². The Bertz CT molecular complexity index is 1300. The number of halogens is 1. The van der Waals surface area contributed by atoms with Crippen LogP contribution in [0.15, 0.2) is 75.2 Å². The Hall–Kier alpha value is -3.59. The molecule has 0 bridgehead atoms. The van der Waals surface area contributed by atoms with Crippen molar-refractivity contribution in [2.75, 3.05) is 19.5 Å². The molecule has 4 aromatic rings. The number of ether oxygens (including phenoxy) is 2. The molecule has 2 aromatic heterocycles. The summed E-state index contributed by atoms with van der Waals surface area (Å²) in [4.78, 5) is 29.7. The van der Waals surface area contributed by atoms with Crippen LogP contribution < -0.4 is 10.3 Å². The van der Waals surface area contributed by atoms with Gasteiger partial charge in [-0.3, -0.25) is 9.36 Å². The molecule has 0 aliphatic heterocycles. The van der Waals surface area contributed by atoms with Crippen molar-refractivity contribution < 1.29 is 23.1 Å². The molecule has 0 fully saturated rings. The summed E-state index contributed by atoms with van der Waals surface area (Å²) in [6, 6.07) is 14.3. The summed E-state index contributed by atoms with van der Waals surface area (Å²) in [6.45, 7) is 0.409. The highest BCUT2D eigenvalue weighted by atomic mass is 32.2. The molecule has 0 unspecified atom stereocenters. The normalized spacial score (nSPS) is 10.9. The van der Waals surface area contributed by atoms with Crippen LogP contribution in [0.1, 0.15) is 16.1 Å². The van der Waals surface area contributed by atoms with Crippen LogP contribution in [-0.2, 0) is 11.3 Å². The number of carbonyl (C=O) groups is 1. The van der Waals surface area contributed by atoms with Gasteiger partial charge in [-0.1, -0.05) is 23.9 Å². The third-order valence-electron chi connectivity index (χ3n) is 4.64. The number of hydrogen-bond donors (Lipinski definition) is 0. The third kappa shape index (κ3) is 4.67. The van der Waals surface area contributed by atoms with Crippen molar-refractivity contribution >= 4 is 28.6 Å². The first kappa shape index (κ1) is 21.6. The maximum absolute atomic E-state index is 13.7. The largest absolute Gasteiger partial charge is 0.490 e. The third-order valence-corrected chi connectivity index (χ3v) is 5.58. The number of esters is 1. The van der Waals surface area contributed by atoms with E-state index in [1.165, 1.54) is 47.9 Å². The van der Waals surface area contributed by atoms with Crippen molar-refractivity contribution in [1.82, 2.24) is 9.55 Å². The van der Waals surface area contributed by atoms with Crippen molar-refractivity contribution in [3.8, 4) is 5.75 Å². The Kier molecular flexibility index (Phi) is 6.55. The molecule has 0 radical (unpaired) electrons. The molecule has 0 aliphatic rings. The first-order valence-corrected chi connectivity index (χ1v) is 10.7. The van der Waals surface area contributed by atoms with Gasteiger partial charge >= 0.3 is 5.97 Å². The molecular weight excluding hydrogens is 435 g/mol. The highest BCUT2D eigenvalue weighted by Crippen LogP contribution is 2.21. The molecule has 2 aromatic carbocycles. The van der Waals surface area contributed by atoms with Crippen LogP contribution in [-0.4, -0.2) is 35.0 Å². The lowest BCUT2D eigenvalue weighted by molar-refractivity contribution is 0.0601. The SMILES string of the molecule is COC(=O)c1ccc2c(=O)n(Cc3ccco3)c(SCCOc3ccccc3F)nc2c1. The highest BCUT2D eigenvalue weighted by Gasteiger charge is 2.15. The molecule has 0 amide bonds. The molecule has 164 valence electrons. The van der Waals surface area contributed by atoms with E-state index in [4.69, 9.17) is 13.9 Å². The van der Waals surface area contributed by atoms with E-state index in [-0.39, 0.29) is 24.5 Å². The van der Waals surface area contributed by atoms with Crippen LogP contribution in [0.2, 0.25) is 0 Å². The number of hydrogen-bond acceptors (Lipinski definition) is 7. The number of thioether (sulfide) groups is 1. The Morgan fingerprint density at radius 2 is 2.03 bits per heavy atom. The first-order chi connectivity index (χ1) is 15.6. The number of para-hydroxylation sites is 1. The first-order valence-electron chi connectivity index (χ1n) is 9.72. The van der Waals surface area contributed by atoms with Crippen LogP contribution in [0.5, 0.6) is 5.75 Å². The van der Waals surface area contributed by atoms with Gasteiger partial charge in [0.1, 0.15) is 5.76 Å². The molecule has 0 spiro atoms. The molecule has 4 rings (SSSR count). The maximum atomic E-state index is 13.7. The zero-order chi connectivity index (χ0) is 22.5. The van der Waals surface area contributed by atoms with Gasteiger partial charge < -0.3 is 13.9 Å². The second-order valence-electron chi connectivity index (χ2n) is 6.72. The Morgan fingerprint density at radius 3 is 2.78 bits per heavy atom. The predicted octanol–water partition coefficient (Wildman–Crippen LogP) is 4.13. The van der Waals surface area contributed by atoms with Gasteiger partial charge in [0.05, 0.1) is 43.0 Å². The van der Waals surface area contributed by atoms with Crippen molar-refractivity contribution in [3.05, 3.63) is 88.4 Å². The van der Waals surface area contributed by atoms with Crippen molar-refractivity contribution in [1.29, 1.82) is 0 Å². The van der Waals surface area contributed by atoms with E-state index in [0.717, 1.165) is 0 Å². The molecule has 0 aliphatic carbocycles. The second kappa shape index (κ2) is 9.69. The minimum Gasteiger partial charge on any atom is -0.490 e. The highest BCUT2D eigenvalue weighted by molar-refractivity contribution is 7.99. The fourth-order valence-corrected chi connectivity index (χ4v) is 3.92. The number of fused-ring (bicyclic) bond motifs is 1. The number of aromatic nitrogens is 2. The Morgan fingerprint density at radius 1 is 1.19 bits per heavy atom. The molecule has 7 nitrogen and oxygen atoms in total. The zero-order valence-electron chi connectivity index (χ0n) is 17.1. The average Bonchev–Trinajstić information content (AvgIpc) is 3.32. The summed E-state index contributed by atoms with van der Waals surface area (Å²) in [5.41, 5.74) is 0.418. The van der Waals surface area contributed by atoms with E-state index in [1.54, 1.807) is 36.4 Å². The lowest BCUT2D eigenvalue weighted by Gasteiger charge is -2.13.